The van der Waals surface area contributed by atoms with Gasteiger partial charge in [0, 0.05) is 28.9 Å². The molecule has 0 radical (unpaired) electrons. The van der Waals surface area contributed by atoms with E-state index in [1.807, 2.05) is 18.2 Å². The van der Waals surface area contributed by atoms with Crippen LogP contribution in [0.25, 0.3) is 16.6 Å². The molecule has 1 aliphatic carbocycles. The van der Waals surface area contributed by atoms with Crippen LogP contribution in [0, 0.1) is 5.82 Å². The molecular formula is C29H31FN2O2. The normalized spacial score (nSPS) is 15.0. The minimum Gasteiger partial charge on any atom is -0.493 e. The van der Waals surface area contributed by atoms with Gasteiger partial charge in [-0.15, -0.1) is 0 Å². The predicted molar refractivity (Wildman–Crippen MR) is 135 cm³/mol. The van der Waals surface area contributed by atoms with Crippen molar-refractivity contribution in [3.8, 4) is 17.2 Å². The summed E-state index contributed by atoms with van der Waals surface area (Å²) in [5, 5.41) is 5.02. The van der Waals surface area contributed by atoms with Gasteiger partial charge in [0.15, 0.2) is 11.5 Å². The van der Waals surface area contributed by atoms with Gasteiger partial charge in [0.1, 0.15) is 5.82 Å². The van der Waals surface area contributed by atoms with E-state index in [9.17, 15) is 4.39 Å². The molecule has 0 saturated heterocycles. The molecule has 34 heavy (non-hydrogen) atoms. The van der Waals surface area contributed by atoms with Crippen molar-refractivity contribution in [3.05, 3.63) is 89.4 Å². The second-order valence-electron chi connectivity index (χ2n) is 8.89. The average Bonchev–Trinajstić information content (AvgIpc) is 3.45. The van der Waals surface area contributed by atoms with E-state index in [2.05, 4.69) is 46.4 Å². The third kappa shape index (κ3) is 4.28. The van der Waals surface area contributed by atoms with E-state index in [-0.39, 0.29) is 5.82 Å². The quantitative estimate of drug-likeness (QED) is 0.295. The van der Waals surface area contributed by atoms with Crippen molar-refractivity contribution in [3.63, 3.8) is 0 Å². The SMILES string of the molecule is COc1ccc2c(c1OC)CC[C@H]2NCCCCc1cn(-c2ccc(F)cc2)c2ccccc12. The number of unbranched alkanes of at least 4 members (excludes halogenated alkanes) is 1. The molecule has 0 aliphatic heterocycles. The van der Waals surface area contributed by atoms with Crippen LogP contribution in [-0.2, 0) is 12.8 Å². The van der Waals surface area contributed by atoms with Crippen molar-refractivity contribution in [2.24, 2.45) is 0 Å². The van der Waals surface area contributed by atoms with Crippen LogP contribution in [0.4, 0.5) is 4.39 Å². The van der Waals surface area contributed by atoms with Crippen molar-refractivity contribution in [2.75, 3.05) is 20.8 Å². The highest BCUT2D eigenvalue weighted by Gasteiger charge is 2.26. The van der Waals surface area contributed by atoms with E-state index in [0.29, 0.717) is 6.04 Å². The second-order valence-corrected chi connectivity index (χ2v) is 8.89. The minimum absolute atomic E-state index is 0.213. The Bertz CT molecular complexity index is 1280. The molecular weight excluding hydrogens is 427 g/mol. The van der Waals surface area contributed by atoms with Crippen molar-refractivity contribution in [1.29, 1.82) is 0 Å². The van der Waals surface area contributed by atoms with Gasteiger partial charge in [-0.1, -0.05) is 24.3 Å². The Labute approximate surface area is 200 Å². The number of aryl methyl sites for hydroxylation is 1. The molecule has 0 spiro atoms. The first-order valence-corrected chi connectivity index (χ1v) is 12.0. The summed E-state index contributed by atoms with van der Waals surface area (Å²) in [7, 11) is 3.40. The van der Waals surface area contributed by atoms with Gasteiger partial charge >= 0.3 is 0 Å². The number of halogens is 1. The van der Waals surface area contributed by atoms with Gasteiger partial charge in [-0.3, -0.25) is 0 Å². The highest BCUT2D eigenvalue weighted by molar-refractivity contribution is 5.85. The molecule has 1 aromatic heterocycles. The molecule has 4 nitrogen and oxygen atoms in total. The number of hydrogen-bond acceptors (Lipinski definition) is 3. The number of benzene rings is 3. The Kier molecular flexibility index (Phi) is 6.54. The Morgan fingerprint density at radius 3 is 2.59 bits per heavy atom. The van der Waals surface area contributed by atoms with Gasteiger partial charge in [-0.05, 0) is 86.2 Å². The summed E-state index contributed by atoms with van der Waals surface area (Å²) < 4.78 is 26.6. The molecule has 4 aromatic rings. The molecule has 0 bridgehead atoms. The summed E-state index contributed by atoms with van der Waals surface area (Å²) in [6.07, 6.45) is 7.53. The number of nitrogens with zero attached hydrogens (tertiary/aromatic N) is 1. The topological polar surface area (TPSA) is 35.4 Å². The molecule has 1 aliphatic rings. The van der Waals surface area contributed by atoms with Crippen LogP contribution in [0.15, 0.2) is 66.9 Å². The van der Waals surface area contributed by atoms with E-state index in [1.165, 1.54) is 34.2 Å². The molecule has 5 rings (SSSR count). The first kappa shape index (κ1) is 22.5. The van der Waals surface area contributed by atoms with Crippen LogP contribution >= 0.6 is 0 Å². The third-order valence-electron chi connectivity index (χ3n) is 6.91. The zero-order chi connectivity index (χ0) is 23.5. The number of methoxy groups -OCH3 is 2. The van der Waals surface area contributed by atoms with Crippen LogP contribution in [-0.4, -0.2) is 25.3 Å². The summed E-state index contributed by atoms with van der Waals surface area (Å²) >= 11 is 0. The molecule has 1 N–H and O–H groups in total. The van der Waals surface area contributed by atoms with Crippen molar-refractivity contribution < 1.29 is 13.9 Å². The van der Waals surface area contributed by atoms with Gasteiger partial charge in [0.25, 0.3) is 0 Å². The summed E-state index contributed by atoms with van der Waals surface area (Å²) in [5.41, 5.74) is 6.09. The fourth-order valence-corrected chi connectivity index (χ4v) is 5.23. The molecule has 176 valence electrons. The van der Waals surface area contributed by atoms with Crippen molar-refractivity contribution in [2.45, 2.75) is 38.1 Å². The van der Waals surface area contributed by atoms with E-state index in [0.717, 1.165) is 61.4 Å². The number of fused-ring (bicyclic) bond motifs is 2. The Balaban J connectivity index is 1.21. The highest BCUT2D eigenvalue weighted by atomic mass is 19.1. The molecule has 5 heteroatoms. The largest absolute Gasteiger partial charge is 0.493 e. The van der Waals surface area contributed by atoms with E-state index >= 15 is 0 Å². The summed E-state index contributed by atoms with van der Waals surface area (Å²) in [4.78, 5) is 0. The van der Waals surface area contributed by atoms with Gasteiger partial charge in [-0.25, -0.2) is 4.39 Å². The van der Waals surface area contributed by atoms with Gasteiger partial charge in [0.05, 0.1) is 19.7 Å². The fraction of sp³-hybridized carbons (Fsp3) is 0.310. The molecule has 0 fully saturated rings. The van der Waals surface area contributed by atoms with Crippen molar-refractivity contribution in [1.82, 2.24) is 9.88 Å². The van der Waals surface area contributed by atoms with Crippen LogP contribution in [0.3, 0.4) is 0 Å². The molecule has 0 saturated carbocycles. The zero-order valence-corrected chi connectivity index (χ0v) is 19.8. The zero-order valence-electron chi connectivity index (χ0n) is 19.8. The molecule has 0 amide bonds. The Morgan fingerprint density at radius 2 is 1.79 bits per heavy atom. The van der Waals surface area contributed by atoms with Gasteiger partial charge < -0.3 is 19.4 Å². The molecule has 0 unspecified atom stereocenters. The molecule has 1 heterocycles. The first-order valence-electron chi connectivity index (χ1n) is 12.0. The van der Waals surface area contributed by atoms with E-state index < -0.39 is 0 Å². The number of para-hydroxylation sites is 1. The molecule has 1 atom stereocenters. The Hall–Kier alpha value is -3.31. The number of rotatable bonds is 9. The number of ether oxygens (including phenoxy) is 2. The summed E-state index contributed by atoms with van der Waals surface area (Å²) in [5.74, 6) is 1.47. The second kappa shape index (κ2) is 9.90. The van der Waals surface area contributed by atoms with Crippen LogP contribution < -0.4 is 14.8 Å². The fourth-order valence-electron chi connectivity index (χ4n) is 5.23. The number of aromatic nitrogens is 1. The monoisotopic (exact) mass is 458 g/mol. The first-order chi connectivity index (χ1) is 16.7. The molecule has 3 aromatic carbocycles. The van der Waals surface area contributed by atoms with E-state index in [4.69, 9.17) is 9.47 Å². The summed E-state index contributed by atoms with van der Waals surface area (Å²) in [6.45, 7) is 0.981. The number of hydrogen-bond donors (Lipinski definition) is 1. The van der Waals surface area contributed by atoms with E-state index in [1.54, 1.807) is 14.2 Å². The summed E-state index contributed by atoms with van der Waals surface area (Å²) in [6, 6.07) is 19.7. The average molecular weight is 459 g/mol. The Morgan fingerprint density at radius 1 is 0.971 bits per heavy atom. The maximum atomic E-state index is 13.4. The van der Waals surface area contributed by atoms with Gasteiger partial charge in [0.2, 0.25) is 0 Å². The lowest BCUT2D eigenvalue weighted by Gasteiger charge is -2.16. The van der Waals surface area contributed by atoms with Crippen LogP contribution in [0.1, 0.15) is 42.0 Å². The van der Waals surface area contributed by atoms with Crippen molar-refractivity contribution >= 4 is 10.9 Å². The smallest absolute Gasteiger partial charge is 0.164 e. The van der Waals surface area contributed by atoms with Crippen LogP contribution in [0.2, 0.25) is 0 Å². The lowest BCUT2D eigenvalue weighted by atomic mass is 10.1. The predicted octanol–water partition coefficient (Wildman–Crippen LogP) is 6.39. The number of nitrogens with one attached hydrogen (secondary N) is 1. The highest BCUT2D eigenvalue weighted by Crippen LogP contribution is 2.42. The van der Waals surface area contributed by atoms with Gasteiger partial charge in [-0.2, -0.15) is 0 Å². The standard InChI is InChI=1S/C29H31FN2O2/c1-33-28-17-15-24-25(29(28)34-2)14-16-26(24)31-18-6-5-7-20-19-32(22-12-10-21(30)11-13-22)27-9-4-3-8-23(20)27/h3-4,8-13,15,17,19,26,31H,5-7,14,16,18H2,1-2H3/t26-/m1/s1. The third-order valence-corrected chi connectivity index (χ3v) is 6.91. The maximum Gasteiger partial charge on any atom is 0.164 e. The minimum atomic E-state index is -0.213. The van der Waals surface area contributed by atoms with Crippen LogP contribution in [0.5, 0.6) is 11.5 Å². The maximum absolute atomic E-state index is 13.4. The lowest BCUT2D eigenvalue weighted by molar-refractivity contribution is 0.352. The lowest BCUT2D eigenvalue weighted by Crippen LogP contribution is -2.20.